The van der Waals surface area contributed by atoms with Crippen LogP contribution in [0.1, 0.15) is 45.7 Å². The van der Waals surface area contributed by atoms with Crippen molar-refractivity contribution in [2.75, 3.05) is 0 Å². The summed E-state index contributed by atoms with van der Waals surface area (Å²) >= 11 is 0. The van der Waals surface area contributed by atoms with E-state index in [1.54, 1.807) is 0 Å². The van der Waals surface area contributed by atoms with Gasteiger partial charge in [-0.15, -0.1) is 0 Å². The van der Waals surface area contributed by atoms with E-state index >= 15 is 0 Å². The first-order chi connectivity index (χ1) is 6.91. The van der Waals surface area contributed by atoms with Gasteiger partial charge in [-0.05, 0) is 32.1 Å². The highest BCUT2D eigenvalue weighted by atomic mass is 15.1. The van der Waals surface area contributed by atoms with Gasteiger partial charge in [0.25, 0.3) is 0 Å². The van der Waals surface area contributed by atoms with E-state index in [-0.39, 0.29) is 5.54 Å². The highest BCUT2D eigenvalue weighted by Crippen LogP contribution is 2.42. The predicted octanol–water partition coefficient (Wildman–Crippen LogP) is 2.27. The van der Waals surface area contributed by atoms with Crippen LogP contribution in [0.5, 0.6) is 0 Å². The minimum atomic E-state index is -0.295. The third kappa shape index (κ3) is 2.07. The molecule has 0 unspecified atom stereocenters. The Balaban J connectivity index is 2.18. The topological polar surface area (TPSA) is 43.8 Å². The molecule has 1 saturated carbocycles. The van der Waals surface area contributed by atoms with Gasteiger partial charge in [-0.3, -0.25) is 0 Å². The van der Waals surface area contributed by atoms with E-state index in [0.29, 0.717) is 5.41 Å². The molecule has 84 valence electrons. The molecule has 1 aliphatic rings. The summed E-state index contributed by atoms with van der Waals surface area (Å²) in [5.74, 6) is 0. The lowest BCUT2D eigenvalue weighted by Gasteiger charge is -2.39. The molecule has 0 amide bonds. The van der Waals surface area contributed by atoms with Gasteiger partial charge in [0.05, 0.1) is 17.6 Å². The van der Waals surface area contributed by atoms with Gasteiger partial charge in [-0.25, -0.2) is 4.98 Å². The SMILES string of the molecule is CC1(Cn2cncc2C(C)(C)N)CCC1. The maximum absolute atomic E-state index is 6.12. The van der Waals surface area contributed by atoms with E-state index in [0.717, 1.165) is 12.2 Å². The molecule has 3 nitrogen and oxygen atoms in total. The highest BCUT2D eigenvalue weighted by Gasteiger charge is 2.33. The molecule has 0 bridgehead atoms. The number of aromatic nitrogens is 2. The Morgan fingerprint density at radius 1 is 1.53 bits per heavy atom. The zero-order valence-corrected chi connectivity index (χ0v) is 9.95. The third-order valence-corrected chi connectivity index (χ3v) is 3.49. The summed E-state index contributed by atoms with van der Waals surface area (Å²) in [6, 6.07) is 0. The molecule has 1 heterocycles. The molecule has 1 fully saturated rings. The molecule has 1 aliphatic carbocycles. The zero-order valence-electron chi connectivity index (χ0n) is 9.95. The van der Waals surface area contributed by atoms with E-state index in [2.05, 4.69) is 16.5 Å². The number of nitrogens with two attached hydrogens (primary N) is 1. The van der Waals surface area contributed by atoms with E-state index in [9.17, 15) is 0 Å². The van der Waals surface area contributed by atoms with Crippen LogP contribution in [0.4, 0.5) is 0 Å². The van der Waals surface area contributed by atoms with Crippen molar-refractivity contribution < 1.29 is 0 Å². The van der Waals surface area contributed by atoms with Crippen LogP contribution >= 0.6 is 0 Å². The van der Waals surface area contributed by atoms with Crippen molar-refractivity contribution in [1.29, 1.82) is 0 Å². The molecule has 0 aliphatic heterocycles. The summed E-state index contributed by atoms with van der Waals surface area (Å²) in [5, 5.41) is 0. The summed E-state index contributed by atoms with van der Waals surface area (Å²) in [4.78, 5) is 4.21. The van der Waals surface area contributed by atoms with E-state index in [4.69, 9.17) is 5.73 Å². The van der Waals surface area contributed by atoms with Crippen molar-refractivity contribution in [1.82, 2.24) is 9.55 Å². The number of hydrogen-bond donors (Lipinski definition) is 1. The van der Waals surface area contributed by atoms with Crippen molar-refractivity contribution in [2.45, 2.75) is 52.1 Å². The van der Waals surface area contributed by atoms with Crippen LogP contribution in [0.15, 0.2) is 12.5 Å². The first-order valence-electron chi connectivity index (χ1n) is 5.70. The maximum atomic E-state index is 6.12. The van der Waals surface area contributed by atoms with Gasteiger partial charge < -0.3 is 10.3 Å². The summed E-state index contributed by atoms with van der Waals surface area (Å²) in [6.45, 7) is 7.47. The molecular weight excluding hydrogens is 186 g/mol. The summed E-state index contributed by atoms with van der Waals surface area (Å²) in [5.41, 5.74) is 7.43. The molecular formula is C12H21N3. The average Bonchev–Trinajstić information content (AvgIpc) is 2.48. The summed E-state index contributed by atoms with van der Waals surface area (Å²) < 4.78 is 2.22. The Morgan fingerprint density at radius 3 is 2.67 bits per heavy atom. The van der Waals surface area contributed by atoms with Crippen LogP contribution in [-0.4, -0.2) is 9.55 Å². The quantitative estimate of drug-likeness (QED) is 0.826. The van der Waals surface area contributed by atoms with Gasteiger partial charge in [-0.2, -0.15) is 0 Å². The number of nitrogens with zero attached hydrogens (tertiary/aromatic N) is 2. The molecule has 0 spiro atoms. The third-order valence-electron chi connectivity index (χ3n) is 3.49. The molecule has 2 N–H and O–H groups in total. The molecule has 0 aromatic carbocycles. The van der Waals surface area contributed by atoms with Gasteiger partial charge in [0, 0.05) is 12.7 Å². The van der Waals surface area contributed by atoms with Crippen molar-refractivity contribution in [3.8, 4) is 0 Å². The number of imidazole rings is 1. The van der Waals surface area contributed by atoms with Crippen LogP contribution in [0.2, 0.25) is 0 Å². The Morgan fingerprint density at radius 2 is 2.20 bits per heavy atom. The first-order valence-corrected chi connectivity index (χ1v) is 5.70. The highest BCUT2D eigenvalue weighted by molar-refractivity contribution is 5.10. The molecule has 0 atom stereocenters. The lowest BCUT2D eigenvalue weighted by atomic mass is 9.70. The molecule has 1 aromatic rings. The second-order valence-electron chi connectivity index (χ2n) is 5.79. The Bertz CT molecular complexity index is 342. The monoisotopic (exact) mass is 207 g/mol. The van der Waals surface area contributed by atoms with E-state index in [1.165, 1.54) is 19.3 Å². The maximum Gasteiger partial charge on any atom is 0.0948 e. The second-order valence-corrected chi connectivity index (χ2v) is 5.79. The minimum Gasteiger partial charge on any atom is -0.332 e. The Hall–Kier alpha value is -0.830. The summed E-state index contributed by atoms with van der Waals surface area (Å²) in [6.07, 6.45) is 7.83. The normalized spacial score (nSPS) is 20.0. The fraction of sp³-hybridized carbons (Fsp3) is 0.750. The largest absolute Gasteiger partial charge is 0.332 e. The molecule has 1 aromatic heterocycles. The van der Waals surface area contributed by atoms with Gasteiger partial charge in [0.15, 0.2) is 0 Å². The van der Waals surface area contributed by atoms with Crippen molar-refractivity contribution in [2.24, 2.45) is 11.1 Å². The van der Waals surface area contributed by atoms with Crippen LogP contribution in [0, 0.1) is 5.41 Å². The minimum absolute atomic E-state index is 0.295. The molecule has 2 rings (SSSR count). The predicted molar refractivity (Wildman–Crippen MR) is 61.4 cm³/mol. The lowest BCUT2D eigenvalue weighted by molar-refractivity contribution is 0.129. The van der Waals surface area contributed by atoms with Crippen molar-refractivity contribution >= 4 is 0 Å². The smallest absolute Gasteiger partial charge is 0.0948 e. The first kappa shape index (κ1) is 10.7. The number of hydrogen-bond acceptors (Lipinski definition) is 2. The lowest BCUT2D eigenvalue weighted by Crippen LogP contribution is -2.36. The van der Waals surface area contributed by atoms with Crippen LogP contribution in [-0.2, 0) is 12.1 Å². The van der Waals surface area contributed by atoms with E-state index < -0.39 is 0 Å². The Kier molecular flexibility index (Phi) is 2.38. The number of rotatable bonds is 3. The Labute approximate surface area is 91.7 Å². The second kappa shape index (κ2) is 3.34. The van der Waals surface area contributed by atoms with Crippen LogP contribution in [0.25, 0.3) is 0 Å². The molecule has 0 saturated heterocycles. The molecule has 0 radical (unpaired) electrons. The average molecular weight is 207 g/mol. The van der Waals surface area contributed by atoms with Crippen molar-refractivity contribution in [3.63, 3.8) is 0 Å². The van der Waals surface area contributed by atoms with Gasteiger partial charge in [0.1, 0.15) is 0 Å². The van der Waals surface area contributed by atoms with Gasteiger partial charge in [0.2, 0.25) is 0 Å². The van der Waals surface area contributed by atoms with Gasteiger partial charge >= 0.3 is 0 Å². The zero-order chi connectivity index (χ0) is 11.1. The van der Waals surface area contributed by atoms with Crippen LogP contribution in [0.3, 0.4) is 0 Å². The van der Waals surface area contributed by atoms with Crippen molar-refractivity contribution in [3.05, 3.63) is 18.2 Å². The van der Waals surface area contributed by atoms with Gasteiger partial charge in [-0.1, -0.05) is 13.3 Å². The fourth-order valence-electron chi connectivity index (χ4n) is 2.33. The van der Waals surface area contributed by atoms with Crippen LogP contribution < -0.4 is 5.73 Å². The summed E-state index contributed by atoms with van der Waals surface area (Å²) in [7, 11) is 0. The fourth-order valence-corrected chi connectivity index (χ4v) is 2.33. The standard InChI is InChI=1S/C12H21N3/c1-11(2,13)10-7-14-9-15(10)8-12(3)5-4-6-12/h7,9H,4-6,8,13H2,1-3H3. The van der Waals surface area contributed by atoms with E-state index in [1.807, 2.05) is 26.4 Å². The molecule has 15 heavy (non-hydrogen) atoms. The molecule has 3 heteroatoms.